The normalized spacial score (nSPS) is 16.7. The molecule has 1 aromatic heterocycles. The van der Waals surface area contributed by atoms with Gasteiger partial charge < -0.3 is 5.32 Å². The van der Waals surface area contributed by atoms with E-state index in [9.17, 15) is 9.00 Å². The van der Waals surface area contributed by atoms with Gasteiger partial charge in [0.1, 0.15) is 5.82 Å². The summed E-state index contributed by atoms with van der Waals surface area (Å²) in [4.78, 5) is 12.4. The first-order chi connectivity index (χ1) is 11.8. The Balaban J connectivity index is 1.67. The third-order valence-electron chi connectivity index (χ3n) is 4.28. The van der Waals surface area contributed by atoms with Gasteiger partial charge in [0.15, 0.2) is 0 Å². The number of hydrogen-bond acceptors (Lipinski definition) is 3. The number of amides is 1. The van der Waals surface area contributed by atoms with Crippen LogP contribution in [-0.2, 0) is 39.1 Å². The second kappa shape index (κ2) is 7.12. The molecule has 0 unspecified atom stereocenters. The van der Waals surface area contributed by atoms with Gasteiger partial charge in [0.05, 0.1) is 22.7 Å². The van der Waals surface area contributed by atoms with E-state index in [1.54, 1.807) is 0 Å². The molecule has 1 atom stereocenters. The zero-order valence-corrected chi connectivity index (χ0v) is 15.9. The van der Waals surface area contributed by atoms with E-state index in [1.165, 1.54) is 5.56 Å². The topological polar surface area (TPSA) is 64.0 Å². The lowest BCUT2D eigenvalue weighted by molar-refractivity contribution is -0.116. The summed E-state index contributed by atoms with van der Waals surface area (Å²) < 4.78 is 13.7. The van der Waals surface area contributed by atoms with Gasteiger partial charge in [-0.2, -0.15) is 5.10 Å². The van der Waals surface area contributed by atoms with Crippen molar-refractivity contribution in [2.45, 2.75) is 57.1 Å². The van der Waals surface area contributed by atoms with Crippen molar-refractivity contribution in [3.05, 3.63) is 47.2 Å². The highest BCUT2D eigenvalue weighted by molar-refractivity contribution is 7.83. The van der Waals surface area contributed by atoms with Gasteiger partial charge in [0, 0.05) is 22.8 Å². The Bertz CT molecular complexity index is 791. The number of aromatic nitrogens is 2. The number of rotatable bonds is 5. The Labute approximate surface area is 151 Å². The largest absolute Gasteiger partial charge is 0.311 e. The molecular weight excluding hydrogens is 334 g/mol. The fourth-order valence-corrected chi connectivity index (χ4v) is 4.30. The molecule has 1 aliphatic heterocycles. The third kappa shape index (κ3) is 4.18. The summed E-state index contributed by atoms with van der Waals surface area (Å²) in [6, 6.07) is 10.2. The van der Waals surface area contributed by atoms with Crippen molar-refractivity contribution >= 4 is 22.5 Å². The minimum atomic E-state index is -0.906. The molecule has 2 aromatic rings. The van der Waals surface area contributed by atoms with Crippen molar-refractivity contribution in [1.82, 2.24) is 9.78 Å². The second-order valence-electron chi connectivity index (χ2n) is 7.47. The smallest absolute Gasteiger partial charge is 0.225 e. The zero-order chi connectivity index (χ0) is 18.0. The molecule has 6 heteroatoms. The lowest BCUT2D eigenvalue weighted by Gasteiger charge is -2.23. The molecule has 25 heavy (non-hydrogen) atoms. The quantitative estimate of drug-likeness (QED) is 0.890. The molecule has 2 heterocycles. The molecule has 1 aliphatic rings. The molecule has 5 nitrogen and oxygen atoms in total. The van der Waals surface area contributed by atoms with Crippen LogP contribution in [0, 0.1) is 0 Å². The number of carbonyl (C=O) groups is 1. The van der Waals surface area contributed by atoms with Crippen molar-refractivity contribution in [3.63, 3.8) is 0 Å². The highest BCUT2D eigenvalue weighted by Crippen LogP contribution is 2.33. The van der Waals surface area contributed by atoms with Gasteiger partial charge in [-0.3, -0.25) is 9.00 Å². The van der Waals surface area contributed by atoms with Crippen LogP contribution in [0.15, 0.2) is 30.3 Å². The van der Waals surface area contributed by atoms with E-state index >= 15 is 0 Å². The fourth-order valence-electron chi connectivity index (χ4n) is 3.03. The minimum absolute atomic E-state index is 0.0122. The van der Waals surface area contributed by atoms with E-state index < -0.39 is 10.8 Å². The number of fused-ring (bicyclic) bond motifs is 1. The van der Waals surface area contributed by atoms with Crippen molar-refractivity contribution in [3.8, 4) is 0 Å². The van der Waals surface area contributed by atoms with Gasteiger partial charge in [0.25, 0.3) is 0 Å². The van der Waals surface area contributed by atoms with Crippen LogP contribution in [0.5, 0.6) is 0 Å². The average Bonchev–Trinajstić information content (AvgIpc) is 3.05. The van der Waals surface area contributed by atoms with Gasteiger partial charge in [-0.1, -0.05) is 30.3 Å². The SMILES string of the molecule is CC(C)(C)n1nc2c(c1NC(=O)CCCc1ccccc1)C[S@](=O)C2. The molecule has 1 amide bonds. The predicted molar refractivity (Wildman–Crippen MR) is 101 cm³/mol. The van der Waals surface area contributed by atoms with Gasteiger partial charge in [-0.25, -0.2) is 4.68 Å². The Kier molecular flexibility index (Phi) is 5.08. The molecule has 0 fully saturated rings. The molecular formula is C19H25N3O2S. The maximum absolute atomic E-state index is 12.4. The van der Waals surface area contributed by atoms with E-state index in [-0.39, 0.29) is 11.4 Å². The summed E-state index contributed by atoms with van der Waals surface area (Å²) in [6.07, 6.45) is 2.14. The highest BCUT2D eigenvalue weighted by atomic mass is 32.2. The summed E-state index contributed by atoms with van der Waals surface area (Å²) >= 11 is 0. The highest BCUT2D eigenvalue weighted by Gasteiger charge is 2.31. The summed E-state index contributed by atoms with van der Waals surface area (Å²) in [5.74, 6) is 1.67. The van der Waals surface area contributed by atoms with Crippen molar-refractivity contribution in [2.75, 3.05) is 5.32 Å². The maximum Gasteiger partial charge on any atom is 0.225 e. The zero-order valence-electron chi connectivity index (χ0n) is 15.0. The van der Waals surface area contributed by atoms with Crippen LogP contribution < -0.4 is 5.32 Å². The number of benzene rings is 1. The van der Waals surface area contributed by atoms with Crippen LogP contribution >= 0.6 is 0 Å². The standard InChI is InChI=1S/C19H25N3O2S/c1-19(2,3)22-18(15-12-25(24)13-16(15)21-22)20-17(23)11-7-10-14-8-5-4-6-9-14/h4-6,8-9H,7,10-13H2,1-3H3,(H,20,23)/t25-/m0/s1. The third-order valence-corrected chi connectivity index (χ3v) is 5.48. The number of carbonyl (C=O) groups excluding carboxylic acids is 1. The van der Waals surface area contributed by atoms with Crippen LogP contribution in [0.4, 0.5) is 5.82 Å². The van der Waals surface area contributed by atoms with Crippen LogP contribution in [-0.4, -0.2) is 19.9 Å². The van der Waals surface area contributed by atoms with Crippen LogP contribution in [0.3, 0.4) is 0 Å². The Morgan fingerprint density at radius 2 is 1.96 bits per heavy atom. The van der Waals surface area contributed by atoms with Crippen LogP contribution in [0.1, 0.15) is 50.4 Å². The van der Waals surface area contributed by atoms with Crippen molar-refractivity contribution in [1.29, 1.82) is 0 Å². The number of hydrogen-bond donors (Lipinski definition) is 1. The van der Waals surface area contributed by atoms with E-state index in [2.05, 4.69) is 43.3 Å². The number of anilines is 1. The van der Waals surface area contributed by atoms with Crippen LogP contribution in [0.25, 0.3) is 0 Å². The molecule has 0 bridgehead atoms. The molecule has 0 saturated carbocycles. The van der Waals surface area contributed by atoms with Gasteiger partial charge >= 0.3 is 0 Å². The predicted octanol–water partition coefficient (Wildman–Crippen LogP) is 3.36. The van der Waals surface area contributed by atoms with Gasteiger partial charge in [0.2, 0.25) is 5.91 Å². The Morgan fingerprint density at radius 1 is 1.24 bits per heavy atom. The number of aryl methyl sites for hydroxylation is 1. The van der Waals surface area contributed by atoms with E-state index in [1.807, 2.05) is 22.9 Å². The minimum Gasteiger partial charge on any atom is -0.311 e. The number of nitrogens with zero attached hydrogens (tertiary/aromatic N) is 2. The average molecular weight is 359 g/mol. The summed E-state index contributed by atoms with van der Waals surface area (Å²) in [6.45, 7) is 6.16. The first-order valence-electron chi connectivity index (χ1n) is 8.64. The monoisotopic (exact) mass is 359 g/mol. The molecule has 1 aromatic carbocycles. The van der Waals surface area contributed by atoms with E-state index in [0.717, 1.165) is 29.9 Å². The Hall–Kier alpha value is -1.95. The molecule has 1 N–H and O–H groups in total. The second-order valence-corrected chi connectivity index (χ2v) is 8.93. The maximum atomic E-state index is 12.4. The van der Waals surface area contributed by atoms with Crippen LogP contribution in [0.2, 0.25) is 0 Å². The number of nitrogens with one attached hydrogen (secondary N) is 1. The molecule has 0 spiro atoms. The summed E-state index contributed by atoms with van der Waals surface area (Å²) in [5.41, 5.74) is 2.79. The van der Waals surface area contributed by atoms with Crippen molar-refractivity contribution < 1.29 is 9.00 Å². The van der Waals surface area contributed by atoms with Gasteiger partial charge in [-0.15, -0.1) is 0 Å². The van der Waals surface area contributed by atoms with E-state index in [4.69, 9.17) is 0 Å². The fraction of sp³-hybridized carbons (Fsp3) is 0.474. The van der Waals surface area contributed by atoms with Crippen molar-refractivity contribution in [2.24, 2.45) is 0 Å². The Morgan fingerprint density at radius 3 is 2.64 bits per heavy atom. The molecule has 134 valence electrons. The van der Waals surface area contributed by atoms with Gasteiger partial charge in [-0.05, 0) is 39.2 Å². The first kappa shape index (κ1) is 17.9. The molecule has 0 aliphatic carbocycles. The molecule has 0 saturated heterocycles. The lowest BCUT2D eigenvalue weighted by Crippen LogP contribution is -2.27. The first-order valence-corrected chi connectivity index (χ1v) is 10.1. The summed E-state index contributed by atoms with van der Waals surface area (Å²) in [5, 5.41) is 7.63. The molecule has 0 radical (unpaired) electrons. The van der Waals surface area contributed by atoms with E-state index in [0.29, 0.717) is 17.9 Å². The lowest BCUT2D eigenvalue weighted by atomic mass is 10.1. The molecule has 3 rings (SSSR count). The summed E-state index contributed by atoms with van der Waals surface area (Å²) in [7, 11) is -0.906.